The highest BCUT2D eigenvalue weighted by Crippen LogP contribution is 2.55. The first-order valence-electron chi connectivity index (χ1n) is 17.8. The summed E-state index contributed by atoms with van der Waals surface area (Å²) in [5.74, 6) is 1.92. The first-order chi connectivity index (χ1) is 25.2. The molecule has 0 fully saturated rings. The lowest BCUT2D eigenvalue weighted by Crippen LogP contribution is -2.34. The summed E-state index contributed by atoms with van der Waals surface area (Å²) in [5, 5.41) is 5.05. The summed E-state index contributed by atoms with van der Waals surface area (Å²) in [6.07, 6.45) is 0. The molecule has 0 radical (unpaired) electrons. The van der Waals surface area contributed by atoms with Gasteiger partial charge in [-0.25, -0.2) is 0 Å². The van der Waals surface area contributed by atoms with E-state index in [0.717, 1.165) is 22.6 Å². The quantitative estimate of drug-likeness (QED) is 0.180. The lowest BCUT2D eigenvalue weighted by Gasteiger charge is -2.42. The van der Waals surface area contributed by atoms with Gasteiger partial charge in [0.25, 0.3) is 0 Å². The number of hydrogen-bond acceptors (Lipinski definition) is 1. The third kappa shape index (κ3) is 4.50. The molecule has 0 bridgehead atoms. The lowest BCUT2D eigenvalue weighted by atomic mass is 9.63. The van der Waals surface area contributed by atoms with Crippen LogP contribution in [0.25, 0.3) is 38.3 Å². The van der Waals surface area contributed by atoms with Gasteiger partial charge in [0.15, 0.2) is 0 Å². The van der Waals surface area contributed by atoms with E-state index in [1.165, 1.54) is 60.5 Å². The molecule has 2 heterocycles. The average molecular weight is 654 g/mol. The van der Waals surface area contributed by atoms with E-state index in [1.807, 2.05) is 0 Å². The molecule has 10 rings (SSSR count). The van der Waals surface area contributed by atoms with Gasteiger partial charge in [0, 0.05) is 33.5 Å². The van der Waals surface area contributed by atoms with Gasteiger partial charge < -0.3 is 9.30 Å². The van der Waals surface area contributed by atoms with Crippen LogP contribution in [0.15, 0.2) is 188 Å². The Kier molecular flexibility index (Phi) is 6.72. The second-order valence-electron chi connectivity index (χ2n) is 13.7. The molecule has 1 aliphatic heterocycles. The SMILES string of the molecule is C[C@@H](c1cccc(-n2c3ccccc3c3cc4ccccc4cc32)c1)c1ccc2c(c1)C(c1ccccc1)(c1ccccc1)c1ccccc1O2. The Labute approximate surface area is 297 Å². The van der Waals surface area contributed by atoms with Gasteiger partial charge in [-0.2, -0.15) is 0 Å². The van der Waals surface area contributed by atoms with Crippen LogP contribution >= 0.6 is 0 Å². The number of hydrogen-bond donors (Lipinski definition) is 0. The summed E-state index contributed by atoms with van der Waals surface area (Å²) < 4.78 is 9.12. The molecule has 1 aliphatic rings. The van der Waals surface area contributed by atoms with Crippen molar-refractivity contribution in [3.05, 3.63) is 221 Å². The highest BCUT2D eigenvalue weighted by Gasteiger charge is 2.45. The molecule has 2 nitrogen and oxygen atoms in total. The minimum atomic E-state index is -0.546. The summed E-state index contributed by atoms with van der Waals surface area (Å²) in [6.45, 7) is 2.32. The van der Waals surface area contributed by atoms with Gasteiger partial charge in [-0.15, -0.1) is 0 Å². The van der Waals surface area contributed by atoms with Crippen molar-refractivity contribution in [2.24, 2.45) is 0 Å². The Bertz CT molecular complexity index is 2700. The molecule has 0 amide bonds. The van der Waals surface area contributed by atoms with E-state index < -0.39 is 5.41 Å². The minimum absolute atomic E-state index is 0.130. The fourth-order valence-electron chi connectivity index (χ4n) is 8.55. The highest BCUT2D eigenvalue weighted by atomic mass is 16.5. The molecule has 2 heteroatoms. The topological polar surface area (TPSA) is 14.2 Å². The summed E-state index contributed by atoms with van der Waals surface area (Å²) in [4.78, 5) is 0. The van der Waals surface area contributed by atoms with Crippen molar-refractivity contribution in [1.29, 1.82) is 0 Å². The second kappa shape index (κ2) is 11.6. The first kappa shape index (κ1) is 29.5. The molecule has 0 unspecified atom stereocenters. The molecule has 242 valence electrons. The van der Waals surface area contributed by atoms with Crippen molar-refractivity contribution in [3.8, 4) is 17.2 Å². The normalized spacial score (nSPS) is 13.8. The number of benzene rings is 8. The van der Waals surface area contributed by atoms with Gasteiger partial charge in [0.05, 0.1) is 16.4 Å². The van der Waals surface area contributed by atoms with Crippen molar-refractivity contribution in [3.63, 3.8) is 0 Å². The summed E-state index contributed by atoms with van der Waals surface area (Å²) in [7, 11) is 0. The molecular weight excluding hydrogens is 619 g/mol. The van der Waals surface area contributed by atoms with Crippen LogP contribution in [0.2, 0.25) is 0 Å². The number of nitrogens with zero attached hydrogens (tertiary/aromatic N) is 1. The zero-order valence-electron chi connectivity index (χ0n) is 28.3. The zero-order chi connectivity index (χ0) is 33.9. The molecule has 0 N–H and O–H groups in total. The lowest BCUT2D eigenvalue weighted by molar-refractivity contribution is 0.434. The van der Waals surface area contributed by atoms with E-state index in [9.17, 15) is 0 Å². The molecule has 0 aliphatic carbocycles. The summed E-state index contributed by atoms with van der Waals surface area (Å²) >= 11 is 0. The van der Waals surface area contributed by atoms with Gasteiger partial charge in [0.1, 0.15) is 11.5 Å². The molecule has 0 spiro atoms. The van der Waals surface area contributed by atoms with E-state index in [-0.39, 0.29) is 5.92 Å². The third-order valence-corrected chi connectivity index (χ3v) is 11.0. The fraction of sp³-hybridized carbons (Fsp3) is 0.0612. The van der Waals surface area contributed by atoms with E-state index in [4.69, 9.17) is 4.74 Å². The van der Waals surface area contributed by atoms with Crippen molar-refractivity contribution < 1.29 is 4.74 Å². The molecule has 1 aromatic heterocycles. The maximum atomic E-state index is 6.69. The van der Waals surface area contributed by atoms with Crippen LogP contribution in [0.3, 0.4) is 0 Å². The van der Waals surface area contributed by atoms with Crippen LogP contribution in [0.1, 0.15) is 46.2 Å². The van der Waals surface area contributed by atoms with Crippen LogP contribution < -0.4 is 4.74 Å². The van der Waals surface area contributed by atoms with Crippen molar-refractivity contribution >= 4 is 32.6 Å². The van der Waals surface area contributed by atoms with E-state index in [1.54, 1.807) is 0 Å². The van der Waals surface area contributed by atoms with Crippen LogP contribution in [0.5, 0.6) is 11.5 Å². The summed E-state index contributed by atoms with van der Waals surface area (Å²) in [6, 6.07) is 68.3. The maximum absolute atomic E-state index is 6.69. The maximum Gasteiger partial charge on any atom is 0.132 e. The van der Waals surface area contributed by atoms with Gasteiger partial charge in [-0.3, -0.25) is 0 Å². The third-order valence-electron chi connectivity index (χ3n) is 11.0. The molecule has 8 aromatic carbocycles. The minimum Gasteiger partial charge on any atom is -0.457 e. The second-order valence-corrected chi connectivity index (χ2v) is 13.7. The largest absolute Gasteiger partial charge is 0.457 e. The predicted octanol–water partition coefficient (Wildman–Crippen LogP) is 12.6. The molecule has 51 heavy (non-hydrogen) atoms. The monoisotopic (exact) mass is 653 g/mol. The van der Waals surface area contributed by atoms with Crippen molar-refractivity contribution in [1.82, 2.24) is 4.57 Å². The fourth-order valence-corrected chi connectivity index (χ4v) is 8.55. The molecule has 9 aromatic rings. The van der Waals surface area contributed by atoms with Gasteiger partial charge in [-0.1, -0.05) is 146 Å². The number of aromatic nitrogens is 1. The molecular formula is C49H35NO. The highest BCUT2D eigenvalue weighted by molar-refractivity contribution is 6.13. The van der Waals surface area contributed by atoms with Crippen LogP contribution in [-0.4, -0.2) is 4.57 Å². The number of rotatable bonds is 5. The smallest absolute Gasteiger partial charge is 0.132 e. The van der Waals surface area contributed by atoms with Crippen LogP contribution in [0, 0.1) is 0 Å². The van der Waals surface area contributed by atoms with Crippen LogP contribution in [-0.2, 0) is 5.41 Å². The Morgan fingerprint density at radius 3 is 1.86 bits per heavy atom. The summed E-state index contributed by atoms with van der Waals surface area (Å²) in [5.41, 5.74) is 10.3. The molecule has 0 saturated heterocycles. The predicted molar refractivity (Wildman–Crippen MR) is 211 cm³/mol. The Balaban J connectivity index is 1.15. The van der Waals surface area contributed by atoms with E-state index in [0.29, 0.717) is 0 Å². The Morgan fingerprint density at radius 2 is 1.08 bits per heavy atom. The Morgan fingerprint density at radius 1 is 0.451 bits per heavy atom. The first-order valence-corrected chi connectivity index (χ1v) is 17.8. The van der Waals surface area contributed by atoms with Crippen LogP contribution in [0.4, 0.5) is 0 Å². The molecule has 0 saturated carbocycles. The van der Waals surface area contributed by atoms with Gasteiger partial charge in [0.2, 0.25) is 0 Å². The van der Waals surface area contributed by atoms with E-state index >= 15 is 0 Å². The number of fused-ring (bicyclic) bond motifs is 6. The standard InChI is InChI=1S/C49H35NO/c1-33(34-17-14-22-40(29-34)50-45-25-12-10-23-41(45)42-30-36-15-8-9-16-37(36)32-46(42)50)35-27-28-48-44(31-35)49(38-18-4-2-5-19-38,39-20-6-3-7-21-39)43-24-11-13-26-47(43)51-48/h2-33H,1H3/t33-/m0/s1. The average Bonchev–Trinajstić information content (AvgIpc) is 3.52. The van der Waals surface area contributed by atoms with E-state index in [2.05, 4.69) is 200 Å². The Hall–Kier alpha value is -6.38. The van der Waals surface area contributed by atoms with Crippen molar-refractivity contribution in [2.45, 2.75) is 18.3 Å². The van der Waals surface area contributed by atoms with Gasteiger partial charge in [-0.05, 0) is 81.6 Å². The number of para-hydroxylation sites is 2. The molecule has 1 atom stereocenters. The zero-order valence-corrected chi connectivity index (χ0v) is 28.3. The van der Waals surface area contributed by atoms with Crippen molar-refractivity contribution in [2.75, 3.05) is 0 Å². The number of ether oxygens (including phenoxy) is 1. The van der Waals surface area contributed by atoms with Gasteiger partial charge >= 0.3 is 0 Å².